The van der Waals surface area contributed by atoms with Crippen molar-refractivity contribution in [3.63, 3.8) is 0 Å². The van der Waals surface area contributed by atoms with E-state index in [1.165, 1.54) is 0 Å². The molecule has 1 aromatic carbocycles. The summed E-state index contributed by atoms with van der Waals surface area (Å²) >= 11 is 6.47. The SMILES string of the molecule is CCOCCCNC(=NC)NCC(c1ccccc1Cl)N1CCOCC1. The fraction of sp³-hybridized carbons (Fsp3) is 0.632. The van der Waals surface area contributed by atoms with Crippen molar-refractivity contribution in [3.05, 3.63) is 34.9 Å². The number of halogens is 1. The molecule has 146 valence electrons. The number of morpholine rings is 1. The number of guanidine groups is 1. The van der Waals surface area contributed by atoms with E-state index >= 15 is 0 Å². The van der Waals surface area contributed by atoms with Crippen molar-refractivity contribution in [2.24, 2.45) is 4.99 Å². The Balaban J connectivity index is 1.94. The molecule has 2 N–H and O–H groups in total. The summed E-state index contributed by atoms with van der Waals surface area (Å²) in [7, 11) is 1.79. The van der Waals surface area contributed by atoms with E-state index in [1.54, 1.807) is 7.05 Å². The van der Waals surface area contributed by atoms with Gasteiger partial charge in [-0.05, 0) is 25.0 Å². The van der Waals surface area contributed by atoms with E-state index in [1.807, 2.05) is 25.1 Å². The van der Waals surface area contributed by atoms with Gasteiger partial charge < -0.3 is 20.1 Å². The van der Waals surface area contributed by atoms with E-state index in [-0.39, 0.29) is 6.04 Å². The summed E-state index contributed by atoms with van der Waals surface area (Å²) in [5, 5.41) is 7.57. The van der Waals surface area contributed by atoms with Crippen LogP contribution < -0.4 is 10.6 Å². The maximum absolute atomic E-state index is 6.47. The highest BCUT2D eigenvalue weighted by Crippen LogP contribution is 2.27. The van der Waals surface area contributed by atoms with Gasteiger partial charge in [-0.2, -0.15) is 0 Å². The van der Waals surface area contributed by atoms with Gasteiger partial charge in [-0.3, -0.25) is 9.89 Å². The second kappa shape index (κ2) is 12.1. The van der Waals surface area contributed by atoms with Gasteiger partial charge in [0, 0.05) is 51.5 Å². The fourth-order valence-corrected chi connectivity index (χ4v) is 3.27. The molecular formula is C19H31ClN4O2. The summed E-state index contributed by atoms with van der Waals surface area (Å²) in [4.78, 5) is 6.73. The minimum absolute atomic E-state index is 0.176. The van der Waals surface area contributed by atoms with Gasteiger partial charge in [0.2, 0.25) is 0 Å². The first kappa shape index (κ1) is 21.0. The maximum atomic E-state index is 6.47. The highest BCUT2D eigenvalue weighted by molar-refractivity contribution is 6.31. The van der Waals surface area contributed by atoms with Gasteiger partial charge in [0.15, 0.2) is 5.96 Å². The van der Waals surface area contributed by atoms with Crippen molar-refractivity contribution < 1.29 is 9.47 Å². The van der Waals surface area contributed by atoms with Crippen LogP contribution in [0.15, 0.2) is 29.3 Å². The summed E-state index contributed by atoms with van der Waals surface area (Å²) < 4.78 is 10.9. The normalized spacial score (nSPS) is 17.1. The van der Waals surface area contributed by atoms with Gasteiger partial charge in [-0.25, -0.2) is 0 Å². The molecule has 0 radical (unpaired) electrons. The summed E-state index contributed by atoms with van der Waals surface area (Å²) in [5.41, 5.74) is 1.13. The zero-order chi connectivity index (χ0) is 18.6. The number of aliphatic imine (C=N–C) groups is 1. The number of rotatable bonds is 9. The molecule has 26 heavy (non-hydrogen) atoms. The van der Waals surface area contributed by atoms with Crippen molar-refractivity contribution in [2.45, 2.75) is 19.4 Å². The van der Waals surface area contributed by atoms with Gasteiger partial charge in [0.05, 0.1) is 19.3 Å². The Kier molecular flexibility index (Phi) is 9.77. The van der Waals surface area contributed by atoms with Crippen molar-refractivity contribution in [1.29, 1.82) is 0 Å². The summed E-state index contributed by atoms with van der Waals surface area (Å²) in [5.74, 6) is 0.798. The Labute approximate surface area is 161 Å². The molecule has 0 amide bonds. The van der Waals surface area contributed by atoms with Crippen LogP contribution in [0.25, 0.3) is 0 Å². The highest BCUT2D eigenvalue weighted by Gasteiger charge is 2.24. The Hall–Kier alpha value is -1.34. The molecule has 1 atom stereocenters. The molecule has 6 nitrogen and oxygen atoms in total. The molecule has 0 spiro atoms. The molecule has 0 bridgehead atoms. The van der Waals surface area contributed by atoms with Crippen molar-refractivity contribution in [3.8, 4) is 0 Å². The lowest BCUT2D eigenvalue weighted by Gasteiger charge is -2.35. The quantitative estimate of drug-likeness (QED) is 0.390. The topological polar surface area (TPSA) is 58.1 Å². The average molecular weight is 383 g/mol. The molecule has 1 unspecified atom stereocenters. The van der Waals surface area contributed by atoms with E-state index < -0.39 is 0 Å². The lowest BCUT2D eigenvalue weighted by atomic mass is 10.0. The van der Waals surface area contributed by atoms with Crippen LogP contribution >= 0.6 is 11.6 Å². The number of hydrogen-bond acceptors (Lipinski definition) is 4. The zero-order valence-corrected chi connectivity index (χ0v) is 16.6. The molecule has 2 rings (SSSR count). The largest absolute Gasteiger partial charge is 0.382 e. The fourth-order valence-electron chi connectivity index (χ4n) is 3.01. The standard InChI is InChI=1S/C19H31ClN4O2/c1-3-25-12-6-9-22-19(21-2)23-15-18(24-10-13-26-14-11-24)16-7-4-5-8-17(16)20/h4-5,7-8,18H,3,6,9-15H2,1-2H3,(H2,21,22,23). The molecule has 1 heterocycles. The Bertz CT molecular complexity index is 550. The second-order valence-corrected chi connectivity index (χ2v) is 6.52. The monoisotopic (exact) mass is 382 g/mol. The summed E-state index contributed by atoms with van der Waals surface area (Å²) in [6.07, 6.45) is 0.950. The molecule has 7 heteroatoms. The number of ether oxygens (including phenoxy) is 2. The van der Waals surface area contributed by atoms with E-state index in [0.717, 1.165) is 75.6 Å². The molecule has 1 aliphatic heterocycles. The van der Waals surface area contributed by atoms with Crippen LogP contribution in [0, 0.1) is 0 Å². The Morgan fingerprint density at radius 2 is 2.08 bits per heavy atom. The van der Waals surface area contributed by atoms with Crippen LogP contribution in [0.3, 0.4) is 0 Å². The molecule has 1 fully saturated rings. The minimum Gasteiger partial charge on any atom is -0.382 e. The van der Waals surface area contributed by atoms with E-state index in [2.05, 4.69) is 26.6 Å². The number of benzene rings is 1. The first-order valence-electron chi connectivity index (χ1n) is 9.34. The number of nitrogens with zero attached hydrogens (tertiary/aromatic N) is 2. The van der Waals surface area contributed by atoms with E-state index in [4.69, 9.17) is 21.1 Å². The Morgan fingerprint density at radius 3 is 2.77 bits per heavy atom. The average Bonchev–Trinajstić information content (AvgIpc) is 2.68. The minimum atomic E-state index is 0.176. The van der Waals surface area contributed by atoms with E-state index in [0.29, 0.717) is 0 Å². The van der Waals surface area contributed by atoms with Crippen LogP contribution in [-0.4, -0.2) is 70.5 Å². The summed E-state index contributed by atoms with van der Waals surface area (Å²) in [6.45, 7) is 8.40. The molecule has 1 aliphatic rings. The van der Waals surface area contributed by atoms with Gasteiger partial charge in [0.1, 0.15) is 0 Å². The van der Waals surface area contributed by atoms with Crippen molar-refractivity contribution >= 4 is 17.6 Å². The maximum Gasteiger partial charge on any atom is 0.191 e. The van der Waals surface area contributed by atoms with Gasteiger partial charge in [-0.1, -0.05) is 29.8 Å². The van der Waals surface area contributed by atoms with Crippen LogP contribution in [-0.2, 0) is 9.47 Å². The smallest absolute Gasteiger partial charge is 0.191 e. The van der Waals surface area contributed by atoms with Crippen LogP contribution in [0.4, 0.5) is 0 Å². The molecule has 0 aromatic heterocycles. The van der Waals surface area contributed by atoms with Crippen molar-refractivity contribution in [1.82, 2.24) is 15.5 Å². The van der Waals surface area contributed by atoms with Crippen LogP contribution in [0.2, 0.25) is 5.02 Å². The number of hydrogen-bond donors (Lipinski definition) is 2. The predicted octanol–water partition coefficient (Wildman–Crippen LogP) is 2.30. The van der Waals surface area contributed by atoms with Crippen LogP contribution in [0.5, 0.6) is 0 Å². The highest BCUT2D eigenvalue weighted by atomic mass is 35.5. The first-order valence-corrected chi connectivity index (χ1v) is 9.72. The third-order valence-electron chi connectivity index (χ3n) is 4.40. The van der Waals surface area contributed by atoms with Gasteiger partial charge in [0.25, 0.3) is 0 Å². The number of nitrogens with one attached hydrogen (secondary N) is 2. The molecule has 1 aromatic rings. The van der Waals surface area contributed by atoms with Crippen LogP contribution in [0.1, 0.15) is 24.9 Å². The molecule has 0 saturated carbocycles. The molecule has 1 saturated heterocycles. The third-order valence-corrected chi connectivity index (χ3v) is 4.74. The molecular weight excluding hydrogens is 352 g/mol. The third kappa shape index (κ3) is 6.76. The summed E-state index contributed by atoms with van der Waals surface area (Å²) in [6, 6.07) is 8.23. The van der Waals surface area contributed by atoms with Crippen molar-refractivity contribution in [2.75, 3.05) is 59.7 Å². The van der Waals surface area contributed by atoms with E-state index in [9.17, 15) is 0 Å². The zero-order valence-electron chi connectivity index (χ0n) is 15.8. The van der Waals surface area contributed by atoms with Gasteiger partial charge >= 0.3 is 0 Å². The second-order valence-electron chi connectivity index (χ2n) is 6.12. The Morgan fingerprint density at radius 1 is 1.31 bits per heavy atom. The van der Waals surface area contributed by atoms with Gasteiger partial charge in [-0.15, -0.1) is 0 Å². The lowest BCUT2D eigenvalue weighted by Crippen LogP contribution is -2.46. The molecule has 0 aliphatic carbocycles. The predicted molar refractivity (Wildman–Crippen MR) is 107 cm³/mol. The first-order chi connectivity index (χ1) is 12.8. The lowest BCUT2D eigenvalue weighted by molar-refractivity contribution is 0.0170.